The Morgan fingerprint density at radius 3 is 2.80 bits per heavy atom. The summed E-state index contributed by atoms with van der Waals surface area (Å²) in [7, 11) is 1.64. The summed E-state index contributed by atoms with van der Waals surface area (Å²) in [6, 6.07) is -1.10. The average molecular weight is 284 g/mol. The molecule has 6 heteroatoms. The molecule has 2 N–H and O–H groups in total. The van der Waals surface area contributed by atoms with Gasteiger partial charge in [-0.05, 0) is 18.4 Å². The highest BCUT2D eigenvalue weighted by Crippen LogP contribution is 2.11. The summed E-state index contributed by atoms with van der Waals surface area (Å²) in [6.07, 6.45) is 4.90. The first-order valence-electron chi connectivity index (χ1n) is 7.03. The van der Waals surface area contributed by atoms with Crippen LogP contribution in [0.4, 0.5) is 4.79 Å². The van der Waals surface area contributed by atoms with Gasteiger partial charge in [0.05, 0.1) is 6.61 Å². The van der Waals surface area contributed by atoms with Crippen molar-refractivity contribution in [2.45, 2.75) is 38.6 Å². The van der Waals surface area contributed by atoms with Gasteiger partial charge in [-0.15, -0.1) is 0 Å². The van der Waals surface area contributed by atoms with Crippen LogP contribution in [0, 0.1) is 0 Å². The predicted octanol–water partition coefficient (Wildman–Crippen LogP) is 1.62. The van der Waals surface area contributed by atoms with Crippen molar-refractivity contribution in [1.82, 2.24) is 10.2 Å². The fraction of sp³-hybridized carbons (Fsp3) is 0.714. The molecule has 114 valence electrons. The number of hydrogen-bond acceptors (Lipinski definition) is 3. The van der Waals surface area contributed by atoms with Crippen molar-refractivity contribution in [3.8, 4) is 0 Å². The van der Waals surface area contributed by atoms with E-state index in [-0.39, 0.29) is 6.03 Å². The monoisotopic (exact) mass is 284 g/mol. The Bertz CT molecular complexity index is 368. The summed E-state index contributed by atoms with van der Waals surface area (Å²) in [5.41, 5.74) is 1.18. The highest BCUT2D eigenvalue weighted by molar-refractivity contribution is 5.82. The molecular weight excluding hydrogens is 260 g/mol. The average Bonchev–Trinajstić information content (AvgIpc) is 2.44. The third-order valence-electron chi connectivity index (χ3n) is 3.36. The van der Waals surface area contributed by atoms with Gasteiger partial charge in [0, 0.05) is 20.2 Å². The maximum Gasteiger partial charge on any atom is 0.326 e. The molecule has 1 rings (SSSR count). The number of unbranched alkanes of at least 4 members (excludes halogenated alkanes) is 1. The Morgan fingerprint density at radius 1 is 1.55 bits per heavy atom. The second kappa shape index (κ2) is 8.58. The van der Waals surface area contributed by atoms with Crippen LogP contribution < -0.4 is 5.32 Å². The standard InChI is InChI=1S/C14H24N2O4/c1-3-4-5-12(13(17)18)15-14(19)16-8-6-11(7-9-16)10-20-2/h6,12H,3-5,7-10H2,1-2H3,(H,15,19)(H,17,18)/t12-/m0/s1. The van der Waals surface area contributed by atoms with E-state index in [1.807, 2.05) is 13.0 Å². The van der Waals surface area contributed by atoms with Gasteiger partial charge in [-0.2, -0.15) is 0 Å². The van der Waals surface area contributed by atoms with Gasteiger partial charge in [0.25, 0.3) is 0 Å². The van der Waals surface area contributed by atoms with Crippen LogP contribution in [0.5, 0.6) is 0 Å². The van der Waals surface area contributed by atoms with E-state index in [2.05, 4.69) is 5.32 Å². The molecule has 0 aromatic rings. The number of carboxylic acids is 1. The summed E-state index contributed by atoms with van der Waals surface area (Å²) in [6.45, 7) is 3.68. The Kier molecular flexibility index (Phi) is 7.08. The van der Waals surface area contributed by atoms with E-state index < -0.39 is 12.0 Å². The number of aliphatic carboxylic acids is 1. The molecule has 6 nitrogen and oxygen atoms in total. The van der Waals surface area contributed by atoms with E-state index in [9.17, 15) is 9.59 Å². The Morgan fingerprint density at radius 2 is 2.30 bits per heavy atom. The summed E-state index contributed by atoms with van der Waals surface area (Å²) >= 11 is 0. The second-order valence-electron chi connectivity index (χ2n) is 4.97. The molecule has 0 aromatic carbocycles. The SMILES string of the molecule is CCCC[C@H](NC(=O)N1CC=C(COC)CC1)C(=O)O. The summed E-state index contributed by atoms with van der Waals surface area (Å²) in [5, 5.41) is 11.7. The number of rotatable bonds is 7. The Labute approximate surface area is 119 Å². The van der Waals surface area contributed by atoms with E-state index in [0.29, 0.717) is 26.1 Å². The van der Waals surface area contributed by atoms with E-state index >= 15 is 0 Å². The molecule has 0 saturated heterocycles. The van der Waals surface area contributed by atoms with Crippen molar-refractivity contribution in [2.75, 3.05) is 26.8 Å². The molecule has 0 aliphatic carbocycles. The lowest BCUT2D eigenvalue weighted by Crippen LogP contribution is -2.49. The number of carbonyl (C=O) groups excluding carboxylic acids is 1. The van der Waals surface area contributed by atoms with Crippen molar-refractivity contribution in [1.29, 1.82) is 0 Å². The molecule has 20 heavy (non-hydrogen) atoms. The van der Waals surface area contributed by atoms with Gasteiger partial charge in [0.2, 0.25) is 0 Å². The number of nitrogens with zero attached hydrogens (tertiary/aromatic N) is 1. The van der Waals surface area contributed by atoms with Gasteiger partial charge in [-0.3, -0.25) is 0 Å². The minimum atomic E-state index is -0.973. The highest BCUT2D eigenvalue weighted by atomic mass is 16.5. The van der Waals surface area contributed by atoms with E-state index in [1.165, 1.54) is 5.57 Å². The molecule has 2 amide bonds. The maximum absolute atomic E-state index is 12.0. The van der Waals surface area contributed by atoms with Crippen LogP contribution in [0.2, 0.25) is 0 Å². The van der Waals surface area contributed by atoms with Gasteiger partial charge in [-0.25, -0.2) is 9.59 Å². The molecule has 0 unspecified atom stereocenters. The van der Waals surface area contributed by atoms with Gasteiger partial charge in [0.15, 0.2) is 0 Å². The van der Waals surface area contributed by atoms with Crippen molar-refractivity contribution in [2.24, 2.45) is 0 Å². The summed E-state index contributed by atoms with van der Waals surface area (Å²) in [4.78, 5) is 24.8. The van der Waals surface area contributed by atoms with Crippen molar-refractivity contribution >= 4 is 12.0 Å². The van der Waals surface area contributed by atoms with Crippen molar-refractivity contribution in [3.63, 3.8) is 0 Å². The molecular formula is C14H24N2O4. The molecule has 0 bridgehead atoms. The normalized spacial score (nSPS) is 16.5. The number of urea groups is 1. The van der Waals surface area contributed by atoms with Crippen LogP contribution >= 0.6 is 0 Å². The first-order valence-corrected chi connectivity index (χ1v) is 7.03. The smallest absolute Gasteiger partial charge is 0.326 e. The van der Waals surface area contributed by atoms with Gasteiger partial charge in [-0.1, -0.05) is 25.8 Å². The predicted molar refractivity (Wildman–Crippen MR) is 75.6 cm³/mol. The van der Waals surface area contributed by atoms with Crippen LogP contribution in [-0.2, 0) is 9.53 Å². The number of methoxy groups -OCH3 is 1. The van der Waals surface area contributed by atoms with E-state index in [4.69, 9.17) is 9.84 Å². The third-order valence-corrected chi connectivity index (χ3v) is 3.36. The van der Waals surface area contributed by atoms with Crippen LogP contribution in [0.1, 0.15) is 32.6 Å². The topological polar surface area (TPSA) is 78.9 Å². The fourth-order valence-corrected chi connectivity index (χ4v) is 2.12. The minimum absolute atomic E-state index is 0.304. The molecule has 1 heterocycles. The second-order valence-corrected chi connectivity index (χ2v) is 4.97. The molecule has 1 atom stereocenters. The number of ether oxygens (including phenoxy) is 1. The van der Waals surface area contributed by atoms with Crippen LogP contribution in [-0.4, -0.2) is 54.9 Å². The first kappa shape index (κ1) is 16.5. The Hall–Kier alpha value is -1.56. The molecule has 0 fully saturated rings. The molecule has 0 saturated carbocycles. The summed E-state index contributed by atoms with van der Waals surface area (Å²) < 4.78 is 5.05. The number of carboxylic acid groups (broad SMARTS) is 1. The lowest BCUT2D eigenvalue weighted by atomic mass is 10.1. The van der Waals surface area contributed by atoms with Crippen LogP contribution in [0.3, 0.4) is 0 Å². The number of carbonyl (C=O) groups is 2. The minimum Gasteiger partial charge on any atom is -0.480 e. The molecule has 0 radical (unpaired) electrons. The van der Waals surface area contributed by atoms with Crippen LogP contribution in [0.25, 0.3) is 0 Å². The lowest BCUT2D eigenvalue weighted by molar-refractivity contribution is -0.139. The number of amides is 2. The third kappa shape index (κ3) is 5.21. The zero-order valence-corrected chi connectivity index (χ0v) is 12.2. The first-order chi connectivity index (χ1) is 9.58. The van der Waals surface area contributed by atoms with E-state index in [1.54, 1.807) is 12.0 Å². The van der Waals surface area contributed by atoms with Crippen molar-refractivity contribution < 1.29 is 19.4 Å². The fourth-order valence-electron chi connectivity index (χ4n) is 2.12. The lowest BCUT2D eigenvalue weighted by Gasteiger charge is -2.28. The zero-order valence-electron chi connectivity index (χ0n) is 12.2. The molecule has 1 aliphatic heterocycles. The molecule has 0 spiro atoms. The van der Waals surface area contributed by atoms with Gasteiger partial charge >= 0.3 is 12.0 Å². The number of hydrogen-bond donors (Lipinski definition) is 2. The quantitative estimate of drug-likeness (QED) is 0.696. The zero-order chi connectivity index (χ0) is 15.0. The van der Waals surface area contributed by atoms with Gasteiger partial charge in [0.1, 0.15) is 6.04 Å². The molecule has 0 aromatic heterocycles. The molecule has 1 aliphatic rings. The highest BCUT2D eigenvalue weighted by Gasteiger charge is 2.23. The van der Waals surface area contributed by atoms with E-state index in [0.717, 1.165) is 19.3 Å². The Balaban J connectivity index is 2.47. The summed E-state index contributed by atoms with van der Waals surface area (Å²) in [5.74, 6) is -0.973. The number of nitrogens with one attached hydrogen (secondary N) is 1. The largest absolute Gasteiger partial charge is 0.480 e. The van der Waals surface area contributed by atoms with Crippen molar-refractivity contribution in [3.05, 3.63) is 11.6 Å². The van der Waals surface area contributed by atoms with Gasteiger partial charge < -0.3 is 20.1 Å². The maximum atomic E-state index is 12.0. The van der Waals surface area contributed by atoms with Crippen LogP contribution in [0.15, 0.2) is 11.6 Å².